The van der Waals surface area contributed by atoms with Crippen molar-refractivity contribution in [3.8, 4) is 11.5 Å². The molecule has 21 heavy (non-hydrogen) atoms. The maximum absolute atomic E-state index is 6.42. The van der Waals surface area contributed by atoms with E-state index in [1.54, 1.807) is 12.3 Å². The van der Waals surface area contributed by atoms with E-state index in [1.165, 1.54) is 0 Å². The number of pyridine rings is 1. The van der Waals surface area contributed by atoms with Gasteiger partial charge in [0, 0.05) is 28.0 Å². The van der Waals surface area contributed by atoms with Crippen LogP contribution in [0.2, 0.25) is 5.02 Å². The number of rotatable bonds is 3. The molecule has 4 nitrogen and oxygen atoms in total. The molecule has 6 heteroatoms. The van der Waals surface area contributed by atoms with Gasteiger partial charge in [-0.2, -0.15) is 0 Å². The summed E-state index contributed by atoms with van der Waals surface area (Å²) < 4.78 is 12.1. The average Bonchev–Trinajstić information content (AvgIpc) is 2.48. The van der Waals surface area contributed by atoms with Gasteiger partial charge in [0.25, 0.3) is 0 Å². The van der Waals surface area contributed by atoms with E-state index in [-0.39, 0.29) is 6.04 Å². The third-order valence-corrected chi connectivity index (χ3v) is 4.08. The van der Waals surface area contributed by atoms with Crippen LogP contribution in [0, 0.1) is 0 Å². The molecular weight excluding hydrogens is 356 g/mol. The van der Waals surface area contributed by atoms with Crippen LogP contribution in [0.5, 0.6) is 11.5 Å². The van der Waals surface area contributed by atoms with Crippen LogP contribution in [-0.4, -0.2) is 25.2 Å². The molecule has 1 aromatic heterocycles. The average molecular weight is 370 g/mol. The van der Waals surface area contributed by atoms with Crippen LogP contribution in [0.3, 0.4) is 0 Å². The van der Waals surface area contributed by atoms with Crippen molar-refractivity contribution in [2.75, 3.05) is 20.3 Å². The maximum atomic E-state index is 6.42. The van der Waals surface area contributed by atoms with E-state index in [4.69, 9.17) is 21.1 Å². The summed E-state index contributed by atoms with van der Waals surface area (Å²) >= 11 is 9.86. The van der Waals surface area contributed by atoms with Gasteiger partial charge < -0.3 is 14.8 Å². The summed E-state index contributed by atoms with van der Waals surface area (Å²) in [6.45, 7) is 1.10. The van der Waals surface area contributed by atoms with Gasteiger partial charge in [-0.15, -0.1) is 0 Å². The molecule has 0 saturated heterocycles. The van der Waals surface area contributed by atoms with E-state index in [2.05, 4.69) is 26.2 Å². The summed E-state index contributed by atoms with van der Waals surface area (Å²) in [6.07, 6.45) is 3.57. The minimum Gasteiger partial charge on any atom is -0.486 e. The third-order valence-electron chi connectivity index (χ3n) is 3.32. The van der Waals surface area contributed by atoms with E-state index in [9.17, 15) is 0 Å². The standard InChI is InChI=1S/C15H14BrClN2O2/c1-18-15(9-4-10(16)8-19-7-9)11-5-13-14(6-12(11)17)21-3-2-20-13/h4-8,15,18H,2-3H2,1H3. The Morgan fingerprint density at radius 1 is 1.19 bits per heavy atom. The van der Waals surface area contributed by atoms with Gasteiger partial charge in [-0.1, -0.05) is 11.6 Å². The van der Waals surface area contributed by atoms with Gasteiger partial charge in [0.15, 0.2) is 11.5 Å². The van der Waals surface area contributed by atoms with E-state index < -0.39 is 0 Å². The fourth-order valence-corrected chi connectivity index (χ4v) is 3.03. The van der Waals surface area contributed by atoms with Crippen molar-refractivity contribution in [3.05, 3.63) is 51.2 Å². The fourth-order valence-electron chi connectivity index (χ4n) is 2.39. The molecule has 3 rings (SSSR count). The van der Waals surface area contributed by atoms with E-state index >= 15 is 0 Å². The Bertz CT molecular complexity index is 666. The summed E-state index contributed by atoms with van der Waals surface area (Å²) in [5.41, 5.74) is 1.95. The highest BCUT2D eigenvalue weighted by Gasteiger charge is 2.21. The predicted octanol–water partition coefficient (Wildman–Crippen LogP) is 3.58. The zero-order valence-corrected chi connectivity index (χ0v) is 13.7. The molecule has 0 fully saturated rings. The van der Waals surface area contributed by atoms with Crippen molar-refractivity contribution < 1.29 is 9.47 Å². The lowest BCUT2D eigenvalue weighted by atomic mass is 9.99. The maximum Gasteiger partial charge on any atom is 0.162 e. The van der Waals surface area contributed by atoms with Crippen LogP contribution >= 0.6 is 27.5 Å². The first-order chi connectivity index (χ1) is 10.2. The monoisotopic (exact) mass is 368 g/mol. The number of nitrogens with zero attached hydrogens (tertiary/aromatic N) is 1. The third kappa shape index (κ3) is 3.00. The zero-order chi connectivity index (χ0) is 14.8. The number of fused-ring (bicyclic) bond motifs is 1. The normalized spacial score (nSPS) is 14.8. The molecule has 2 heterocycles. The Balaban J connectivity index is 2.04. The summed E-state index contributed by atoms with van der Waals surface area (Å²) in [5.74, 6) is 1.42. The Labute approximate surface area is 136 Å². The molecule has 1 aromatic carbocycles. The number of hydrogen-bond acceptors (Lipinski definition) is 4. The number of aromatic nitrogens is 1. The molecule has 1 unspecified atom stereocenters. The summed E-state index contributed by atoms with van der Waals surface area (Å²) in [5, 5.41) is 3.91. The Kier molecular flexibility index (Phi) is 4.33. The lowest BCUT2D eigenvalue weighted by Gasteiger charge is -2.23. The fraction of sp³-hybridized carbons (Fsp3) is 0.267. The first-order valence-corrected chi connectivity index (χ1v) is 7.73. The molecule has 0 aliphatic carbocycles. The van der Waals surface area contributed by atoms with Crippen molar-refractivity contribution in [3.63, 3.8) is 0 Å². The van der Waals surface area contributed by atoms with E-state index in [0.29, 0.717) is 24.0 Å². The van der Waals surface area contributed by atoms with Gasteiger partial charge in [0.05, 0.1) is 6.04 Å². The van der Waals surface area contributed by atoms with Crippen molar-refractivity contribution in [2.24, 2.45) is 0 Å². The minimum absolute atomic E-state index is 0.0710. The van der Waals surface area contributed by atoms with Gasteiger partial charge in [0.2, 0.25) is 0 Å². The van der Waals surface area contributed by atoms with Gasteiger partial charge in [-0.05, 0) is 46.2 Å². The van der Waals surface area contributed by atoms with Crippen LogP contribution in [-0.2, 0) is 0 Å². The molecule has 110 valence electrons. The van der Waals surface area contributed by atoms with Gasteiger partial charge in [0.1, 0.15) is 13.2 Å². The second-order valence-electron chi connectivity index (χ2n) is 4.68. The Morgan fingerprint density at radius 2 is 1.90 bits per heavy atom. The minimum atomic E-state index is -0.0710. The van der Waals surface area contributed by atoms with Crippen LogP contribution in [0.1, 0.15) is 17.2 Å². The van der Waals surface area contributed by atoms with E-state index in [1.807, 2.05) is 25.4 Å². The van der Waals surface area contributed by atoms with Gasteiger partial charge >= 0.3 is 0 Å². The van der Waals surface area contributed by atoms with Gasteiger partial charge in [-0.3, -0.25) is 4.98 Å². The second kappa shape index (κ2) is 6.22. The molecule has 0 radical (unpaired) electrons. The molecule has 1 atom stereocenters. The molecular formula is C15H14BrClN2O2. The Hall–Kier alpha value is -1.30. The first kappa shape index (κ1) is 14.6. The summed E-state index contributed by atoms with van der Waals surface area (Å²) in [7, 11) is 1.89. The SMILES string of the molecule is CNC(c1cncc(Br)c1)c1cc2c(cc1Cl)OCCO2. The van der Waals surface area contributed by atoms with Crippen molar-refractivity contribution in [1.29, 1.82) is 0 Å². The van der Waals surface area contributed by atoms with Crippen molar-refractivity contribution in [1.82, 2.24) is 10.3 Å². The smallest absolute Gasteiger partial charge is 0.162 e. The lowest BCUT2D eigenvalue weighted by molar-refractivity contribution is 0.171. The molecule has 0 bridgehead atoms. The first-order valence-electron chi connectivity index (χ1n) is 6.56. The van der Waals surface area contributed by atoms with Crippen LogP contribution in [0.4, 0.5) is 0 Å². The lowest BCUT2D eigenvalue weighted by Crippen LogP contribution is -2.20. The molecule has 1 aliphatic heterocycles. The quantitative estimate of drug-likeness (QED) is 0.898. The number of benzene rings is 1. The van der Waals surface area contributed by atoms with Gasteiger partial charge in [-0.25, -0.2) is 0 Å². The topological polar surface area (TPSA) is 43.4 Å². The molecule has 0 saturated carbocycles. The highest BCUT2D eigenvalue weighted by atomic mass is 79.9. The summed E-state index contributed by atoms with van der Waals surface area (Å²) in [4.78, 5) is 4.21. The predicted molar refractivity (Wildman–Crippen MR) is 85.3 cm³/mol. The molecule has 1 N–H and O–H groups in total. The van der Waals surface area contributed by atoms with Crippen molar-refractivity contribution in [2.45, 2.75) is 6.04 Å². The number of hydrogen-bond donors (Lipinski definition) is 1. The van der Waals surface area contributed by atoms with Crippen LogP contribution in [0.25, 0.3) is 0 Å². The second-order valence-corrected chi connectivity index (χ2v) is 6.00. The highest BCUT2D eigenvalue weighted by Crippen LogP contribution is 2.39. The zero-order valence-electron chi connectivity index (χ0n) is 11.4. The van der Waals surface area contributed by atoms with Crippen molar-refractivity contribution >= 4 is 27.5 Å². The number of halogens is 2. The molecule has 0 spiro atoms. The number of nitrogens with one attached hydrogen (secondary N) is 1. The Morgan fingerprint density at radius 3 is 2.57 bits per heavy atom. The summed E-state index contributed by atoms with van der Waals surface area (Å²) in [6, 6.07) is 5.68. The molecule has 2 aromatic rings. The number of ether oxygens (including phenoxy) is 2. The largest absolute Gasteiger partial charge is 0.486 e. The molecule has 0 amide bonds. The molecule has 1 aliphatic rings. The van der Waals surface area contributed by atoms with Crippen LogP contribution < -0.4 is 14.8 Å². The van der Waals surface area contributed by atoms with E-state index in [0.717, 1.165) is 21.3 Å². The highest BCUT2D eigenvalue weighted by molar-refractivity contribution is 9.10. The van der Waals surface area contributed by atoms with Crippen LogP contribution in [0.15, 0.2) is 35.1 Å².